The number of fused-ring (bicyclic) bond motifs is 1. The van der Waals surface area contributed by atoms with E-state index in [-0.39, 0.29) is 0 Å². The molecule has 0 saturated heterocycles. The van der Waals surface area contributed by atoms with Gasteiger partial charge < -0.3 is 0 Å². The summed E-state index contributed by atoms with van der Waals surface area (Å²) in [5.74, 6) is 1.79. The van der Waals surface area contributed by atoms with E-state index in [2.05, 4.69) is 24.3 Å². The first kappa shape index (κ1) is 8.74. The molecule has 0 radical (unpaired) electrons. The summed E-state index contributed by atoms with van der Waals surface area (Å²) in [5.41, 5.74) is 1.15. The van der Waals surface area contributed by atoms with Gasteiger partial charge >= 0.3 is 0 Å². The van der Waals surface area contributed by atoms with E-state index in [0.717, 1.165) is 5.56 Å². The SMILES string of the molecule is O=C=CCc1ccc2ccccc2c1. The van der Waals surface area contributed by atoms with Crippen LogP contribution in [0.25, 0.3) is 10.8 Å². The van der Waals surface area contributed by atoms with Gasteiger partial charge in [0.05, 0.1) is 0 Å². The average molecular weight is 182 g/mol. The van der Waals surface area contributed by atoms with Crippen LogP contribution in [0.3, 0.4) is 0 Å². The van der Waals surface area contributed by atoms with Crippen molar-refractivity contribution in [3.05, 3.63) is 54.1 Å². The lowest BCUT2D eigenvalue weighted by Gasteiger charge is -1.99. The van der Waals surface area contributed by atoms with Gasteiger partial charge in [-0.1, -0.05) is 42.5 Å². The van der Waals surface area contributed by atoms with Crippen LogP contribution in [0.4, 0.5) is 0 Å². The zero-order valence-electron chi connectivity index (χ0n) is 7.73. The van der Waals surface area contributed by atoms with E-state index in [1.807, 2.05) is 18.2 Å². The molecular formula is C13H10O. The molecule has 0 bridgehead atoms. The van der Waals surface area contributed by atoms with Gasteiger partial charge in [0.2, 0.25) is 0 Å². The van der Waals surface area contributed by atoms with Crippen LogP contribution < -0.4 is 0 Å². The van der Waals surface area contributed by atoms with Crippen LogP contribution in [0.15, 0.2) is 48.5 Å². The maximum Gasteiger partial charge on any atom is 0.120 e. The molecule has 0 spiro atoms. The van der Waals surface area contributed by atoms with Crippen molar-refractivity contribution in [2.24, 2.45) is 0 Å². The van der Waals surface area contributed by atoms with Gasteiger partial charge in [0.25, 0.3) is 0 Å². The van der Waals surface area contributed by atoms with Gasteiger partial charge in [0, 0.05) is 12.5 Å². The first-order valence-corrected chi connectivity index (χ1v) is 4.57. The molecule has 0 aliphatic carbocycles. The molecule has 1 heteroatoms. The van der Waals surface area contributed by atoms with Gasteiger partial charge in [0.1, 0.15) is 5.94 Å². The second-order valence-electron chi connectivity index (χ2n) is 3.21. The molecule has 68 valence electrons. The van der Waals surface area contributed by atoms with Crippen LogP contribution in [0.1, 0.15) is 5.56 Å². The minimum Gasteiger partial charge on any atom is -0.234 e. The maximum atomic E-state index is 10.1. The van der Waals surface area contributed by atoms with Gasteiger partial charge in [-0.3, -0.25) is 0 Å². The van der Waals surface area contributed by atoms with Crippen molar-refractivity contribution in [3.63, 3.8) is 0 Å². The van der Waals surface area contributed by atoms with E-state index in [0.29, 0.717) is 6.42 Å². The van der Waals surface area contributed by atoms with Crippen molar-refractivity contribution in [2.75, 3.05) is 0 Å². The number of rotatable bonds is 2. The Bertz CT molecular complexity index is 493. The molecule has 1 nitrogen and oxygen atoms in total. The summed E-state index contributed by atoms with van der Waals surface area (Å²) in [6.45, 7) is 0. The molecule has 0 saturated carbocycles. The summed E-state index contributed by atoms with van der Waals surface area (Å²) < 4.78 is 0. The Morgan fingerprint density at radius 3 is 2.64 bits per heavy atom. The van der Waals surface area contributed by atoms with Crippen molar-refractivity contribution < 1.29 is 4.79 Å². The van der Waals surface area contributed by atoms with Crippen molar-refractivity contribution in [1.29, 1.82) is 0 Å². The fourth-order valence-electron chi connectivity index (χ4n) is 1.53. The molecule has 0 fully saturated rings. The lowest BCUT2D eigenvalue weighted by molar-refractivity contribution is 0.568. The summed E-state index contributed by atoms with van der Waals surface area (Å²) >= 11 is 0. The third-order valence-corrected chi connectivity index (χ3v) is 2.23. The number of hydrogen-bond acceptors (Lipinski definition) is 1. The van der Waals surface area contributed by atoms with E-state index < -0.39 is 0 Å². The number of hydrogen-bond donors (Lipinski definition) is 0. The van der Waals surface area contributed by atoms with E-state index in [1.54, 1.807) is 5.94 Å². The average Bonchev–Trinajstić information content (AvgIpc) is 2.26. The van der Waals surface area contributed by atoms with Crippen LogP contribution in [-0.4, -0.2) is 5.94 Å². The summed E-state index contributed by atoms with van der Waals surface area (Å²) in [6.07, 6.45) is 2.17. The lowest BCUT2D eigenvalue weighted by Crippen LogP contribution is -1.81. The van der Waals surface area contributed by atoms with E-state index >= 15 is 0 Å². The monoisotopic (exact) mass is 182 g/mol. The Kier molecular flexibility index (Phi) is 2.44. The highest BCUT2D eigenvalue weighted by molar-refractivity contribution is 5.83. The molecule has 2 rings (SSSR count). The van der Waals surface area contributed by atoms with Gasteiger partial charge in [-0.15, -0.1) is 0 Å². The Morgan fingerprint density at radius 1 is 1.07 bits per heavy atom. The molecule has 2 aromatic carbocycles. The molecule has 2 aromatic rings. The van der Waals surface area contributed by atoms with Crippen LogP contribution in [0.2, 0.25) is 0 Å². The zero-order chi connectivity index (χ0) is 9.80. The Balaban J connectivity index is 2.45. The van der Waals surface area contributed by atoms with Crippen LogP contribution >= 0.6 is 0 Å². The topological polar surface area (TPSA) is 17.1 Å². The Hall–Kier alpha value is -1.85. The largest absolute Gasteiger partial charge is 0.234 e. The third-order valence-electron chi connectivity index (χ3n) is 2.23. The molecule has 0 aliphatic heterocycles. The van der Waals surface area contributed by atoms with Crippen molar-refractivity contribution >= 4 is 16.7 Å². The molecule has 14 heavy (non-hydrogen) atoms. The molecule has 0 aromatic heterocycles. The van der Waals surface area contributed by atoms with E-state index in [4.69, 9.17) is 0 Å². The van der Waals surface area contributed by atoms with E-state index in [9.17, 15) is 4.79 Å². The highest BCUT2D eigenvalue weighted by atomic mass is 16.1. The molecule has 0 heterocycles. The van der Waals surface area contributed by atoms with Gasteiger partial charge in [-0.05, 0) is 16.3 Å². The highest BCUT2D eigenvalue weighted by Crippen LogP contribution is 2.15. The van der Waals surface area contributed by atoms with Crippen LogP contribution in [0, 0.1) is 0 Å². The van der Waals surface area contributed by atoms with Crippen LogP contribution in [-0.2, 0) is 11.2 Å². The van der Waals surface area contributed by atoms with Gasteiger partial charge in [0.15, 0.2) is 0 Å². The first-order valence-electron chi connectivity index (χ1n) is 4.57. The third kappa shape index (κ3) is 1.73. The normalized spacial score (nSPS) is 9.71. The smallest absolute Gasteiger partial charge is 0.120 e. The number of allylic oxidation sites excluding steroid dienone is 1. The molecule has 0 unspecified atom stereocenters. The fraction of sp³-hybridized carbons (Fsp3) is 0.0769. The summed E-state index contributed by atoms with van der Waals surface area (Å²) in [6, 6.07) is 14.4. The van der Waals surface area contributed by atoms with Crippen molar-refractivity contribution in [1.82, 2.24) is 0 Å². The van der Waals surface area contributed by atoms with E-state index in [1.165, 1.54) is 16.8 Å². The number of carbonyl (C=O) groups excluding carboxylic acids is 1. The second-order valence-corrected chi connectivity index (χ2v) is 3.21. The highest BCUT2D eigenvalue weighted by Gasteiger charge is 1.93. The summed E-state index contributed by atoms with van der Waals surface area (Å²) in [4.78, 5) is 10.1. The van der Waals surface area contributed by atoms with Crippen molar-refractivity contribution in [2.45, 2.75) is 6.42 Å². The molecule has 0 N–H and O–H groups in total. The Morgan fingerprint density at radius 2 is 1.86 bits per heavy atom. The zero-order valence-corrected chi connectivity index (χ0v) is 7.73. The first-order chi connectivity index (χ1) is 6.90. The summed E-state index contributed by atoms with van der Waals surface area (Å²) in [5, 5.41) is 2.44. The quantitative estimate of drug-likeness (QED) is 0.653. The summed E-state index contributed by atoms with van der Waals surface area (Å²) in [7, 11) is 0. The van der Waals surface area contributed by atoms with Crippen molar-refractivity contribution in [3.8, 4) is 0 Å². The standard InChI is InChI=1S/C13H10O/c14-9-3-4-11-7-8-12-5-1-2-6-13(12)10-11/h1-3,5-8,10H,4H2. The second kappa shape index (κ2) is 3.91. The minimum atomic E-state index is 0.661. The number of benzene rings is 2. The fourth-order valence-corrected chi connectivity index (χ4v) is 1.53. The molecule has 0 amide bonds. The maximum absolute atomic E-state index is 10.1. The Labute approximate surface area is 82.7 Å². The van der Waals surface area contributed by atoms with Gasteiger partial charge in [-0.2, -0.15) is 0 Å². The molecule has 0 atom stereocenters. The lowest BCUT2D eigenvalue weighted by atomic mass is 10.1. The van der Waals surface area contributed by atoms with Gasteiger partial charge in [-0.25, -0.2) is 4.79 Å². The predicted molar refractivity (Wildman–Crippen MR) is 57.9 cm³/mol. The molecule has 0 aliphatic rings. The van der Waals surface area contributed by atoms with Crippen LogP contribution in [0.5, 0.6) is 0 Å². The predicted octanol–water partition coefficient (Wildman–Crippen LogP) is 2.77. The minimum absolute atomic E-state index is 0.661. The molecular weight excluding hydrogens is 172 g/mol.